The zero-order valence-electron chi connectivity index (χ0n) is 10.2. The average molecular weight is 228 g/mol. The van der Waals surface area contributed by atoms with Gasteiger partial charge in [0.25, 0.3) is 0 Å². The number of aldehydes is 1. The molecule has 3 nitrogen and oxygen atoms in total. The van der Waals surface area contributed by atoms with E-state index in [9.17, 15) is 4.79 Å². The van der Waals surface area contributed by atoms with E-state index < -0.39 is 0 Å². The molecular weight excluding hydrogens is 212 g/mol. The number of carbonyl (C=O) groups excluding carboxylic acids is 1. The lowest BCUT2D eigenvalue weighted by Crippen LogP contribution is -1.97. The van der Waals surface area contributed by atoms with Gasteiger partial charge in [0, 0.05) is 5.69 Å². The van der Waals surface area contributed by atoms with Crippen molar-refractivity contribution in [1.82, 2.24) is 10.2 Å². The molecule has 1 heterocycles. The minimum Gasteiger partial charge on any atom is -0.298 e. The van der Waals surface area contributed by atoms with Crippen molar-refractivity contribution >= 4 is 6.29 Å². The highest BCUT2D eigenvalue weighted by molar-refractivity contribution is 5.78. The summed E-state index contributed by atoms with van der Waals surface area (Å²) in [6.45, 7) is 3.97. The number of aryl methyl sites for hydroxylation is 4. The van der Waals surface area contributed by atoms with Gasteiger partial charge in [-0.3, -0.25) is 9.89 Å². The van der Waals surface area contributed by atoms with Gasteiger partial charge in [0.1, 0.15) is 0 Å². The maximum atomic E-state index is 10.9. The van der Waals surface area contributed by atoms with Crippen LogP contribution < -0.4 is 0 Å². The van der Waals surface area contributed by atoms with Crippen LogP contribution >= 0.6 is 0 Å². The van der Waals surface area contributed by atoms with Crippen LogP contribution in [0.15, 0.2) is 24.3 Å². The van der Waals surface area contributed by atoms with Crippen LogP contribution in [0.3, 0.4) is 0 Å². The molecule has 0 saturated heterocycles. The minimum atomic E-state index is 0.707. The molecule has 0 spiro atoms. The second-order valence-electron chi connectivity index (χ2n) is 4.25. The third-order valence-electron chi connectivity index (χ3n) is 3.08. The summed E-state index contributed by atoms with van der Waals surface area (Å²) in [4.78, 5) is 10.9. The average Bonchev–Trinajstić information content (AvgIpc) is 2.69. The third-order valence-corrected chi connectivity index (χ3v) is 3.08. The van der Waals surface area contributed by atoms with Crippen LogP contribution in [0.2, 0.25) is 0 Å². The van der Waals surface area contributed by atoms with Gasteiger partial charge in [0.05, 0.1) is 11.3 Å². The molecule has 0 unspecified atom stereocenters. The molecule has 0 fully saturated rings. The maximum Gasteiger partial charge on any atom is 0.153 e. The number of hydrogen-bond acceptors (Lipinski definition) is 2. The first kappa shape index (κ1) is 11.6. The molecule has 0 amide bonds. The van der Waals surface area contributed by atoms with Crippen molar-refractivity contribution < 1.29 is 4.79 Å². The fourth-order valence-corrected chi connectivity index (χ4v) is 1.98. The van der Waals surface area contributed by atoms with Gasteiger partial charge in [0.2, 0.25) is 0 Å². The summed E-state index contributed by atoms with van der Waals surface area (Å²) in [5, 5.41) is 7.03. The van der Waals surface area contributed by atoms with Crippen molar-refractivity contribution in [2.75, 3.05) is 0 Å². The number of carbonyl (C=O) groups is 1. The predicted molar refractivity (Wildman–Crippen MR) is 67.3 cm³/mol. The predicted octanol–water partition coefficient (Wildman–Crippen LogP) is 2.62. The highest BCUT2D eigenvalue weighted by atomic mass is 16.1. The number of aromatic nitrogens is 2. The molecule has 88 valence electrons. The second-order valence-corrected chi connectivity index (χ2v) is 4.25. The van der Waals surface area contributed by atoms with Crippen LogP contribution in [0.25, 0.3) is 0 Å². The van der Waals surface area contributed by atoms with Gasteiger partial charge in [-0.25, -0.2) is 0 Å². The highest BCUT2D eigenvalue weighted by Gasteiger charge is 2.09. The number of hydrogen-bond donors (Lipinski definition) is 1. The van der Waals surface area contributed by atoms with Crippen LogP contribution in [0.4, 0.5) is 0 Å². The summed E-state index contributed by atoms with van der Waals surface area (Å²) in [6, 6.07) is 8.30. The molecule has 1 N–H and O–H groups in total. The van der Waals surface area contributed by atoms with Crippen molar-refractivity contribution in [2.45, 2.75) is 26.7 Å². The van der Waals surface area contributed by atoms with Gasteiger partial charge >= 0.3 is 0 Å². The Labute approximate surface area is 101 Å². The fraction of sp³-hybridized carbons (Fsp3) is 0.286. The first-order valence-electron chi connectivity index (χ1n) is 5.76. The Balaban J connectivity index is 2.13. The number of rotatable bonds is 4. The molecule has 0 aliphatic carbocycles. The van der Waals surface area contributed by atoms with E-state index in [1.54, 1.807) is 0 Å². The van der Waals surface area contributed by atoms with Crippen molar-refractivity contribution in [1.29, 1.82) is 0 Å². The van der Waals surface area contributed by atoms with Crippen LogP contribution in [-0.2, 0) is 12.8 Å². The molecule has 17 heavy (non-hydrogen) atoms. The van der Waals surface area contributed by atoms with Crippen LogP contribution in [0.1, 0.15) is 32.9 Å². The van der Waals surface area contributed by atoms with Gasteiger partial charge < -0.3 is 0 Å². The lowest BCUT2D eigenvalue weighted by atomic mass is 10.0. The Kier molecular flexibility index (Phi) is 3.38. The third kappa shape index (κ3) is 2.44. The SMILES string of the molecule is Cc1ccccc1CCc1n[nH]c(C)c1C=O. The van der Waals surface area contributed by atoms with Crippen LogP contribution in [-0.4, -0.2) is 16.5 Å². The van der Waals surface area contributed by atoms with Crippen molar-refractivity contribution in [3.63, 3.8) is 0 Å². The summed E-state index contributed by atoms with van der Waals surface area (Å²) in [7, 11) is 0. The van der Waals surface area contributed by atoms with E-state index in [2.05, 4.69) is 29.3 Å². The normalized spacial score (nSPS) is 10.5. The maximum absolute atomic E-state index is 10.9. The van der Waals surface area contributed by atoms with Crippen LogP contribution in [0, 0.1) is 13.8 Å². The molecule has 0 saturated carbocycles. The summed E-state index contributed by atoms with van der Waals surface area (Å²) in [5.74, 6) is 0. The van der Waals surface area contributed by atoms with Crippen molar-refractivity contribution in [3.8, 4) is 0 Å². The molecule has 0 radical (unpaired) electrons. The van der Waals surface area contributed by atoms with E-state index >= 15 is 0 Å². The molecule has 0 atom stereocenters. The molecule has 3 heteroatoms. The molecule has 1 aromatic heterocycles. The van der Waals surface area contributed by atoms with Gasteiger partial charge in [-0.2, -0.15) is 5.10 Å². The van der Waals surface area contributed by atoms with Gasteiger partial charge in [-0.05, 0) is 37.8 Å². The Hall–Kier alpha value is -1.90. The van der Waals surface area contributed by atoms with Gasteiger partial charge in [0.15, 0.2) is 6.29 Å². The summed E-state index contributed by atoms with van der Waals surface area (Å²) in [6.07, 6.45) is 2.59. The van der Waals surface area contributed by atoms with E-state index in [-0.39, 0.29) is 0 Å². The minimum absolute atomic E-state index is 0.707. The topological polar surface area (TPSA) is 45.8 Å². The quantitative estimate of drug-likeness (QED) is 0.818. The van der Waals surface area contributed by atoms with E-state index in [1.165, 1.54) is 11.1 Å². The first-order valence-corrected chi connectivity index (χ1v) is 5.76. The second kappa shape index (κ2) is 4.95. The standard InChI is InChI=1S/C14H16N2O/c1-10-5-3-4-6-12(10)7-8-14-13(9-17)11(2)15-16-14/h3-6,9H,7-8H2,1-2H3,(H,15,16). The van der Waals surface area contributed by atoms with E-state index in [0.717, 1.165) is 30.5 Å². The molecule has 0 bridgehead atoms. The highest BCUT2D eigenvalue weighted by Crippen LogP contribution is 2.13. The zero-order valence-corrected chi connectivity index (χ0v) is 10.2. The Morgan fingerprint density at radius 1 is 1.24 bits per heavy atom. The molecular formula is C14H16N2O. The smallest absolute Gasteiger partial charge is 0.153 e. The van der Waals surface area contributed by atoms with Crippen LogP contribution in [0.5, 0.6) is 0 Å². The monoisotopic (exact) mass is 228 g/mol. The lowest BCUT2D eigenvalue weighted by Gasteiger charge is -2.04. The van der Waals surface area contributed by atoms with Crippen molar-refractivity contribution in [2.24, 2.45) is 0 Å². The first-order chi connectivity index (χ1) is 8.22. The number of nitrogens with zero attached hydrogens (tertiary/aromatic N) is 1. The summed E-state index contributed by atoms with van der Waals surface area (Å²) >= 11 is 0. The van der Waals surface area contributed by atoms with E-state index in [4.69, 9.17) is 0 Å². The lowest BCUT2D eigenvalue weighted by molar-refractivity contribution is 0.112. The Bertz CT molecular complexity index is 529. The Morgan fingerprint density at radius 2 is 2.00 bits per heavy atom. The number of nitrogens with one attached hydrogen (secondary N) is 1. The molecule has 1 aromatic carbocycles. The molecule has 2 aromatic rings. The zero-order chi connectivity index (χ0) is 12.3. The van der Waals surface area contributed by atoms with Gasteiger partial charge in [-0.15, -0.1) is 0 Å². The Morgan fingerprint density at radius 3 is 2.71 bits per heavy atom. The number of H-pyrrole nitrogens is 1. The molecule has 2 rings (SSSR count). The largest absolute Gasteiger partial charge is 0.298 e. The molecule has 0 aliphatic rings. The molecule has 0 aliphatic heterocycles. The van der Waals surface area contributed by atoms with Gasteiger partial charge in [-0.1, -0.05) is 24.3 Å². The van der Waals surface area contributed by atoms with Crippen molar-refractivity contribution in [3.05, 3.63) is 52.3 Å². The summed E-state index contributed by atoms with van der Waals surface area (Å²) in [5.41, 5.74) is 5.01. The number of aromatic amines is 1. The van der Waals surface area contributed by atoms with E-state index in [0.29, 0.717) is 5.56 Å². The summed E-state index contributed by atoms with van der Waals surface area (Å²) < 4.78 is 0. The van der Waals surface area contributed by atoms with E-state index in [1.807, 2.05) is 19.1 Å². The fourth-order valence-electron chi connectivity index (χ4n) is 1.98. The number of benzene rings is 1.